The normalized spacial score (nSPS) is 11.1. The molecule has 130 valence electrons. The molecule has 26 heavy (non-hydrogen) atoms. The molecule has 1 amide bonds. The van der Waals surface area contributed by atoms with Gasteiger partial charge in [0, 0.05) is 10.8 Å². The monoisotopic (exact) mass is 346 g/mol. The summed E-state index contributed by atoms with van der Waals surface area (Å²) < 4.78 is 7.13. The molecule has 0 aliphatic carbocycles. The minimum Gasteiger partial charge on any atom is -0.467 e. The van der Waals surface area contributed by atoms with E-state index in [0.717, 1.165) is 16.6 Å². The number of pyridine rings is 1. The molecule has 0 aliphatic heterocycles. The Balaban J connectivity index is 1.78. The number of carbonyl (C=O) groups is 1. The Morgan fingerprint density at radius 3 is 2.65 bits per heavy atom. The van der Waals surface area contributed by atoms with E-state index in [1.807, 2.05) is 54.0 Å². The lowest BCUT2D eigenvalue weighted by atomic mass is 10.1. The van der Waals surface area contributed by atoms with Crippen LogP contribution in [0, 0.1) is 6.92 Å². The number of furan rings is 1. The van der Waals surface area contributed by atoms with Crippen molar-refractivity contribution in [2.75, 3.05) is 0 Å². The van der Waals surface area contributed by atoms with Gasteiger partial charge in [-0.05, 0) is 43.3 Å². The van der Waals surface area contributed by atoms with E-state index in [1.165, 1.54) is 0 Å². The third-order valence-corrected chi connectivity index (χ3v) is 4.47. The van der Waals surface area contributed by atoms with Crippen molar-refractivity contribution in [1.82, 2.24) is 9.88 Å². The first-order chi connectivity index (χ1) is 12.6. The van der Waals surface area contributed by atoms with E-state index in [-0.39, 0.29) is 17.9 Å². The summed E-state index contributed by atoms with van der Waals surface area (Å²) in [6, 6.07) is 16.7. The second-order valence-electron chi connectivity index (χ2n) is 6.31. The first-order valence-corrected chi connectivity index (χ1v) is 8.44. The number of benzene rings is 2. The lowest BCUT2D eigenvalue weighted by Crippen LogP contribution is -2.28. The molecule has 2 heterocycles. The minimum absolute atomic E-state index is 0.00783. The van der Waals surface area contributed by atoms with Gasteiger partial charge in [0.15, 0.2) is 5.43 Å². The molecule has 0 spiro atoms. The smallest absolute Gasteiger partial charge is 0.240 e. The number of para-hydroxylation sites is 1. The summed E-state index contributed by atoms with van der Waals surface area (Å²) in [5.74, 6) is 0.556. The lowest BCUT2D eigenvalue weighted by Gasteiger charge is -2.15. The predicted molar refractivity (Wildman–Crippen MR) is 101 cm³/mol. The highest BCUT2D eigenvalue weighted by atomic mass is 16.3. The number of rotatable bonds is 4. The SMILES string of the molecule is Cc1ccc2c(c1)c(=O)c1ccccc1n2CC(=O)NCc1ccco1. The van der Waals surface area contributed by atoms with Gasteiger partial charge < -0.3 is 14.3 Å². The van der Waals surface area contributed by atoms with Gasteiger partial charge in [-0.3, -0.25) is 9.59 Å². The van der Waals surface area contributed by atoms with Crippen LogP contribution >= 0.6 is 0 Å². The van der Waals surface area contributed by atoms with Crippen LogP contribution in [0.4, 0.5) is 0 Å². The van der Waals surface area contributed by atoms with E-state index < -0.39 is 0 Å². The molecule has 4 aromatic rings. The first-order valence-electron chi connectivity index (χ1n) is 8.44. The van der Waals surface area contributed by atoms with Crippen molar-refractivity contribution in [2.24, 2.45) is 0 Å². The van der Waals surface area contributed by atoms with Crippen LogP contribution in [0.15, 0.2) is 70.1 Å². The van der Waals surface area contributed by atoms with Crippen LogP contribution in [0.2, 0.25) is 0 Å². The fraction of sp³-hybridized carbons (Fsp3) is 0.143. The van der Waals surface area contributed by atoms with Gasteiger partial charge in [-0.2, -0.15) is 0 Å². The van der Waals surface area contributed by atoms with Crippen molar-refractivity contribution >= 4 is 27.7 Å². The summed E-state index contributed by atoms with van der Waals surface area (Å²) in [7, 11) is 0. The zero-order valence-electron chi connectivity index (χ0n) is 14.4. The van der Waals surface area contributed by atoms with Crippen LogP contribution in [-0.2, 0) is 17.9 Å². The average Bonchev–Trinajstić information content (AvgIpc) is 3.17. The first kappa shape index (κ1) is 16.1. The number of hydrogen-bond acceptors (Lipinski definition) is 3. The number of aromatic nitrogens is 1. The molecule has 0 atom stereocenters. The Morgan fingerprint density at radius 1 is 1.04 bits per heavy atom. The zero-order valence-corrected chi connectivity index (χ0v) is 14.4. The molecule has 0 radical (unpaired) electrons. The molecule has 0 aliphatic rings. The minimum atomic E-state index is -0.142. The van der Waals surface area contributed by atoms with Crippen LogP contribution in [-0.4, -0.2) is 10.5 Å². The maximum absolute atomic E-state index is 12.8. The fourth-order valence-electron chi connectivity index (χ4n) is 3.21. The Bertz CT molecular complexity index is 1160. The summed E-state index contributed by atoms with van der Waals surface area (Å²) >= 11 is 0. The summed E-state index contributed by atoms with van der Waals surface area (Å²) in [4.78, 5) is 25.3. The number of nitrogens with zero attached hydrogens (tertiary/aromatic N) is 1. The highest BCUT2D eigenvalue weighted by Gasteiger charge is 2.13. The largest absolute Gasteiger partial charge is 0.467 e. The molecule has 4 rings (SSSR count). The Kier molecular flexibility index (Phi) is 4.05. The molecule has 0 fully saturated rings. The van der Waals surface area contributed by atoms with Crippen LogP contribution in [0.5, 0.6) is 0 Å². The maximum atomic E-state index is 12.8. The van der Waals surface area contributed by atoms with Gasteiger partial charge >= 0.3 is 0 Å². The van der Waals surface area contributed by atoms with Crippen molar-refractivity contribution in [2.45, 2.75) is 20.0 Å². The van der Waals surface area contributed by atoms with Crippen LogP contribution in [0.25, 0.3) is 21.8 Å². The molecule has 0 bridgehead atoms. The summed E-state index contributed by atoms with van der Waals surface area (Å²) in [5, 5.41) is 4.10. The van der Waals surface area contributed by atoms with Crippen LogP contribution < -0.4 is 10.7 Å². The predicted octanol–water partition coefficient (Wildman–Crippen LogP) is 3.37. The Labute approximate surface area is 149 Å². The van der Waals surface area contributed by atoms with Crippen molar-refractivity contribution in [3.8, 4) is 0 Å². The molecular formula is C21H18N2O3. The van der Waals surface area contributed by atoms with Gasteiger partial charge in [-0.15, -0.1) is 0 Å². The van der Waals surface area contributed by atoms with Crippen molar-refractivity contribution in [3.63, 3.8) is 0 Å². The molecule has 5 nitrogen and oxygen atoms in total. The number of aryl methyl sites for hydroxylation is 1. The fourth-order valence-corrected chi connectivity index (χ4v) is 3.21. The molecular weight excluding hydrogens is 328 g/mol. The molecule has 2 aromatic carbocycles. The van der Waals surface area contributed by atoms with Crippen LogP contribution in [0.1, 0.15) is 11.3 Å². The number of nitrogens with one attached hydrogen (secondary N) is 1. The highest BCUT2D eigenvalue weighted by Crippen LogP contribution is 2.20. The zero-order chi connectivity index (χ0) is 18.1. The van der Waals surface area contributed by atoms with Crippen molar-refractivity contribution in [3.05, 3.63) is 82.4 Å². The maximum Gasteiger partial charge on any atom is 0.240 e. The second-order valence-corrected chi connectivity index (χ2v) is 6.31. The molecule has 0 saturated carbocycles. The summed E-state index contributed by atoms with van der Waals surface area (Å²) in [5.41, 5.74) is 2.51. The number of carbonyl (C=O) groups excluding carboxylic acids is 1. The second kappa shape index (κ2) is 6.52. The van der Waals surface area contributed by atoms with Gasteiger partial charge in [-0.1, -0.05) is 23.8 Å². The highest BCUT2D eigenvalue weighted by molar-refractivity contribution is 5.95. The third-order valence-electron chi connectivity index (χ3n) is 4.47. The molecule has 1 N–H and O–H groups in total. The number of amides is 1. The van der Waals surface area contributed by atoms with Gasteiger partial charge in [0.2, 0.25) is 5.91 Å². The third kappa shape index (κ3) is 2.88. The topological polar surface area (TPSA) is 64.2 Å². The van der Waals surface area contributed by atoms with E-state index in [9.17, 15) is 9.59 Å². The van der Waals surface area contributed by atoms with Gasteiger partial charge in [0.25, 0.3) is 0 Å². The number of fused-ring (bicyclic) bond motifs is 2. The summed E-state index contributed by atoms with van der Waals surface area (Å²) in [6.07, 6.45) is 1.58. The van der Waals surface area contributed by atoms with Gasteiger partial charge in [0.05, 0.1) is 23.8 Å². The molecule has 0 saturated heterocycles. The van der Waals surface area contributed by atoms with Gasteiger partial charge in [0.1, 0.15) is 12.3 Å². The number of hydrogen-bond donors (Lipinski definition) is 1. The Hall–Kier alpha value is -3.34. The van der Waals surface area contributed by atoms with E-state index in [1.54, 1.807) is 18.4 Å². The average molecular weight is 346 g/mol. The van der Waals surface area contributed by atoms with Crippen molar-refractivity contribution in [1.29, 1.82) is 0 Å². The lowest BCUT2D eigenvalue weighted by molar-refractivity contribution is -0.121. The standard InChI is InChI=1S/C21H18N2O3/c1-14-8-9-19-17(11-14)21(25)16-6-2-3-7-18(16)23(19)13-20(24)22-12-15-5-4-10-26-15/h2-11H,12-13H2,1H3,(H,22,24). The van der Waals surface area contributed by atoms with Crippen molar-refractivity contribution < 1.29 is 9.21 Å². The summed E-state index contributed by atoms with van der Waals surface area (Å²) in [6.45, 7) is 2.41. The van der Waals surface area contributed by atoms with Gasteiger partial charge in [-0.25, -0.2) is 0 Å². The van der Waals surface area contributed by atoms with E-state index in [0.29, 0.717) is 23.1 Å². The van der Waals surface area contributed by atoms with E-state index in [2.05, 4.69) is 5.32 Å². The molecule has 5 heteroatoms. The quantitative estimate of drug-likeness (QED) is 0.576. The molecule has 0 unspecified atom stereocenters. The Morgan fingerprint density at radius 2 is 1.85 bits per heavy atom. The molecule has 2 aromatic heterocycles. The van der Waals surface area contributed by atoms with E-state index in [4.69, 9.17) is 4.42 Å². The van der Waals surface area contributed by atoms with E-state index >= 15 is 0 Å². The van der Waals surface area contributed by atoms with Crippen LogP contribution in [0.3, 0.4) is 0 Å².